The number of benzene rings is 2. The van der Waals surface area contributed by atoms with Gasteiger partial charge in [0.05, 0.1) is 5.69 Å². The van der Waals surface area contributed by atoms with E-state index in [0.29, 0.717) is 22.1 Å². The van der Waals surface area contributed by atoms with Crippen molar-refractivity contribution < 1.29 is 18.4 Å². The van der Waals surface area contributed by atoms with Gasteiger partial charge < -0.3 is 10.2 Å². The molecule has 1 atom stereocenters. The van der Waals surface area contributed by atoms with Crippen LogP contribution in [0.25, 0.3) is 11.0 Å². The molecule has 9 heteroatoms. The summed E-state index contributed by atoms with van der Waals surface area (Å²) >= 11 is 5.91. The maximum Gasteiger partial charge on any atom is 0.268 e. The number of amides is 1. The summed E-state index contributed by atoms with van der Waals surface area (Å²) in [6.45, 7) is 1.45. The van der Waals surface area contributed by atoms with Crippen molar-refractivity contribution in [2.75, 3.05) is 5.32 Å². The molecule has 0 spiro atoms. The fourth-order valence-corrected chi connectivity index (χ4v) is 2.14. The van der Waals surface area contributed by atoms with Crippen molar-refractivity contribution in [1.29, 1.82) is 0 Å². The number of anilines is 1. The molecule has 3 rings (SSSR count). The third kappa shape index (κ3) is 3.28. The Labute approximate surface area is 139 Å². The number of fused-ring (bicyclic) bond motifs is 1. The van der Waals surface area contributed by atoms with Crippen LogP contribution in [-0.2, 0) is 4.79 Å². The van der Waals surface area contributed by atoms with Gasteiger partial charge in [-0.3, -0.25) is 4.79 Å². The van der Waals surface area contributed by atoms with Crippen LogP contribution in [0.2, 0.25) is 5.02 Å². The van der Waals surface area contributed by atoms with E-state index in [1.807, 2.05) is 0 Å². The van der Waals surface area contributed by atoms with Crippen LogP contribution in [0.5, 0.6) is 0 Å². The summed E-state index contributed by atoms with van der Waals surface area (Å²) in [5.74, 6) is -2.25. The number of nitrogens with zero attached hydrogens (tertiary/aromatic N) is 3. The molecule has 0 unspecified atom stereocenters. The number of aromatic nitrogens is 3. The van der Waals surface area contributed by atoms with Gasteiger partial charge >= 0.3 is 0 Å². The molecule has 0 bridgehead atoms. The summed E-state index contributed by atoms with van der Waals surface area (Å²) in [5, 5.41) is 10.4. The first-order valence-electron chi connectivity index (χ1n) is 6.88. The summed E-state index contributed by atoms with van der Waals surface area (Å²) in [4.78, 5) is 18.6. The van der Waals surface area contributed by atoms with Crippen LogP contribution in [0.15, 0.2) is 36.4 Å². The molecule has 0 saturated heterocycles. The molecule has 0 aliphatic heterocycles. The maximum absolute atomic E-state index is 13.6. The van der Waals surface area contributed by atoms with Crippen LogP contribution >= 0.6 is 11.6 Å². The second-order valence-electron chi connectivity index (χ2n) is 4.96. The number of carbonyl (C=O) groups excluding carboxylic acids is 1. The van der Waals surface area contributed by atoms with Crippen molar-refractivity contribution in [3.8, 4) is 0 Å². The predicted molar refractivity (Wildman–Crippen MR) is 83.6 cm³/mol. The maximum atomic E-state index is 13.6. The van der Waals surface area contributed by atoms with Gasteiger partial charge in [0.15, 0.2) is 0 Å². The Morgan fingerprint density at radius 1 is 1.29 bits per heavy atom. The van der Waals surface area contributed by atoms with Crippen molar-refractivity contribution in [1.82, 2.24) is 15.2 Å². The van der Waals surface area contributed by atoms with Crippen molar-refractivity contribution in [3.63, 3.8) is 0 Å². The Morgan fingerprint density at radius 3 is 2.83 bits per heavy atom. The average molecular weight is 353 g/mol. The summed E-state index contributed by atoms with van der Waals surface area (Å²) in [6, 6.07) is 7.73. The van der Waals surface area contributed by atoms with Gasteiger partial charge in [0.2, 0.25) is 6.10 Å². The topological polar surface area (TPSA) is 69.0 Å². The molecule has 0 radical (unpaired) electrons. The SMILES string of the molecule is C[C@@H](On1nnc2ccc(Cl)cc21)C(=O)Nc1ccc(F)cc1F. The van der Waals surface area contributed by atoms with Gasteiger partial charge in [-0.25, -0.2) is 8.78 Å². The molecule has 0 aliphatic carbocycles. The van der Waals surface area contributed by atoms with Crippen molar-refractivity contribution >= 4 is 34.2 Å². The van der Waals surface area contributed by atoms with Crippen molar-refractivity contribution in [3.05, 3.63) is 53.1 Å². The van der Waals surface area contributed by atoms with E-state index in [-0.39, 0.29) is 5.69 Å². The van der Waals surface area contributed by atoms with Gasteiger partial charge in [-0.05, 0) is 42.5 Å². The highest BCUT2D eigenvalue weighted by Gasteiger charge is 2.19. The van der Waals surface area contributed by atoms with Crippen molar-refractivity contribution in [2.24, 2.45) is 0 Å². The number of nitrogens with one attached hydrogen (secondary N) is 1. The van der Waals surface area contributed by atoms with Gasteiger partial charge in [0, 0.05) is 11.1 Å². The number of halogens is 3. The van der Waals surface area contributed by atoms with E-state index in [4.69, 9.17) is 16.4 Å². The third-order valence-electron chi connectivity index (χ3n) is 3.19. The highest BCUT2D eigenvalue weighted by Crippen LogP contribution is 2.17. The second kappa shape index (κ2) is 6.40. The van der Waals surface area contributed by atoms with E-state index < -0.39 is 23.6 Å². The Morgan fingerprint density at radius 2 is 2.08 bits per heavy atom. The first kappa shape index (κ1) is 16.1. The van der Waals surface area contributed by atoms with E-state index in [1.54, 1.807) is 18.2 Å². The van der Waals surface area contributed by atoms with Crippen LogP contribution in [0.3, 0.4) is 0 Å². The van der Waals surface area contributed by atoms with E-state index in [0.717, 1.165) is 17.0 Å². The normalized spacial score (nSPS) is 12.2. The number of hydrogen-bond donors (Lipinski definition) is 1. The predicted octanol–water partition coefficient (Wildman–Crippen LogP) is 2.82. The molecule has 1 aromatic heterocycles. The van der Waals surface area contributed by atoms with Gasteiger partial charge in [-0.1, -0.05) is 16.4 Å². The van der Waals surface area contributed by atoms with Crippen LogP contribution in [0, 0.1) is 11.6 Å². The second-order valence-corrected chi connectivity index (χ2v) is 5.39. The lowest BCUT2D eigenvalue weighted by Gasteiger charge is -2.14. The van der Waals surface area contributed by atoms with Gasteiger partial charge in [0.1, 0.15) is 22.7 Å². The molecule has 1 N–H and O–H groups in total. The van der Waals surface area contributed by atoms with Crippen LogP contribution in [0.1, 0.15) is 6.92 Å². The monoisotopic (exact) mass is 352 g/mol. The van der Waals surface area contributed by atoms with Gasteiger partial charge in [-0.2, -0.15) is 0 Å². The highest BCUT2D eigenvalue weighted by atomic mass is 35.5. The minimum Gasteiger partial charge on any atom is -0.382 e. The van der Waals surface area contributed by atoms with E-state index in [1.165, 1.54) is 6.92 Å². The zero-order valence-electron chi connectivity index (χ0n) is 12.3. The minimum absolute atomic E-state index is 0.150. The van der Waals surface area contributed by atoms with E-state index in [2.05, 4.69) is 15.6 Å². The molecule has 6 nitrogen and oxygen atoms in total. The lowest BCUT2D eigenvalue weighted by molar-refractivity contribution is -0.127. The molecule has 1 amide bonds. The first-order valence-corrected chi connectivity index (χ1v) is 7.26. The summed E-state index contributed by atoms with van der Waals surface area (Å²) in [5.41, 5.74) is 0.870. The van der Waals surface area contributed by atoms with Crippen molar-refractivity contribution in [2.45, 2.75) is 13.0 Å². The number of hydrogen-bond acceptors (Lipinski definition) is 4. The lowest BCUT2D eigenvalue weighted by atomic mass is 10.2. The molecule has 1 heterocycles. The average Bonchev–Trinajstić information content (AvgIpc) is 2.92. The molecular weight excluding hydrogens is 342 g/mol. The van der Waals surface area contributed by atoms with E-state index in [9.17, 15) is 13.6 Å². The number of rotatable bonds is 4. The van der Waals surface area contributed by atoms with E-state index >= 15 is 0 Å². The summed E-state index contributed by atoms with van der Waals surface area (Å²) in [6.07, 6.45) is -1.02. The molecule has 2 aromatic carbocycles. The van der Waals surface area contributed by atoms with Crippen LogP contribution in [0.4, 0.5) is 14.5 Å². The number of carbonyl (C=O) groups is 1. The molecule has 0 aliphatic rings. The minimum atomic E-state index is -1.02. The quantitative estimate of drug-likeness (QED) is 0.784. The summed E-state index contributed by atoms with van der Waals surface area (Å²) in [7, 11) is 0. The fraction of sp³-hybridized carbons (Fsp3) is 0.133. The molecule has 24 heavy (non-hydrogen) atoms. The molecule has 0 saturated carbocycles. The lowest BCUT2D eigenvalue weighted by Crippen LogP contribution is -2.35. The molecular formula is C15H11ClF2N4O2. The highest BCUT2D eigenvalue weighted by molar-refractivity contribution is 6.31. The smallest absolute Gasteiger partial charge is 0.268 e. The first-order chi connectivity index (χ1) is 11.4. The Bertz CT molecular complexity index is 916. The third-order valence-corrected chi connectivity index (χ3v) is 3.43. The van der Waals surface area contributed by atoms with Gasteiger partial charge in [-0.15, -0.1) is 5.10 Å². The standard InChI is InChI=1S/C15H11ClF2N4O2/c1-8(15(23)19-12-5-3-10(17)7-11(12)18)24-22-14-6-9(16)2-4-13(14)20-21-22/h2-8H,1H3,(H,19,23)/t8-/m1/s1. The van der Waals surface area contributed by atoms with Crippen LogP contribution < -0.4 is 10.2 Å². The zero-order chi connectivity index (χ0) is 17.3. The fourth-order valence-electron chi connectivity index (χ4n) is 1.97. The molecule has 124 valence electrons. The largest absolute Gasteiger partial charge is 0.382 e. The summed E-state index contributed by atoms with van der Waals surface area (Å²) < 4.78 is 26.4. The Kier molecular flexibility index (Phi) is 4.30. The van der Waals surface area contributed by atoms with Gasteiger partial charge in [0.25, 0.3) is 5.91 Å². The Balaban J connectivity index is 1.74. The van der Waals surface area contributed by atoms with Crippen LogP contribution in [-0.4, -0.2) is 27.2 Å². The molecule has 0 fully saturated rings. The Hall–Kier alpha value is -2.74. The molecule has 3 aromatic rings. The zero-order valence-corrected chi connectivity index (χ0v) is 13.1.